The highest BCUT2D eigenvalue weighted by Crippen LogP contribution is 2.10. The van der Waals surface area contributed by atoms with Crippen LogP contribution in [-0.2, 0) is 6.42 Å². The fourth-order valence-electron chi connectivity index (χ4n) is 1.34. The van der Waals surface area contributed by atoms with Gasteiger partial charge in [-0.15, -0.1) is 6.54 Å². The fraction of sp³-hybridized carbons (Fsp3) is 0.300. The topological polar surface area (TPSA) is 42.8 Å². The van der Waals surface area contributed by atoms with Crippen molar-refractivity contribution in [2.75, 3.05) is 13.6 Å². The van der Waals surface area contributed by atoms with E-state index in [4.69, 9.17) is 0 Å². The lowest BCUT2D eigenvalue weighted by Crippen LogP contribution is -1.91. The number of nitrogens with one attached hydrogen (secondary N) is 1. The van der Waals surface area contributed by atoms with Gasteiger partial charge in [-0.1, -0.05) is 12.1 Å². The maximum Gasteiger partial charge on any atom is 0.105 e. The number of imidazole rings is 1. The molecular formula is C10H12N3-. The standard InChI is InChI=1S/C10H12N3/c1-11-7-6-10-12-8-4-2-3-5-9(8)13-10/h2-5H,6-7H2,1H3,(H,12,13)/q-1. The van der Waals surface area contributed by atoms with Crippen LogP contribution in [0.4, 0.5) is 0 Å². The second kappa shape index (κ2) is 3.58. The first-order valence-electron chi connectivity index (χ1n) is 4.39. The van der Waals surface area contributed by atoms with Crippen LogP contribution in [0.3, 0.4) is 0 Å². The molecule has 13 heavy (non-hydrogen) atoms. The summed E-state index contributed by atoms with van der Waals surface area (Å²) in [5, 5.41) is 4.04. The Bertz CT molecular complexity index is 359. The van der Waals surface area contributed by atoms with Gasteiger partial charge in [0.1, 0.15) is 5.82 Å². The lowest BCUT2D eigenvalue weighted by atomic mass is 10.3. The molecule has 0 aliphatic rings. The van der Waals surface area contributed by atoms with Gasteiger partial charge >= 0.3 is 0 Å². The van der Waals surface area contributed by atoms with E-state index in [-0.39, 0.29) is 0 Å². The molecule has 0 saturated heterocycles. The Morgan fingerprint density at radius 2 is 2.23 bits per heavy atom. The molecule has 0 aliphatic heterocycles. The van der Waals surface area contributed by atoms with E-state index in [2.05, 4.69) is 15.3 Å². The number of likely N-dealkylation sites (N-methyl/N-ethyl adjacent to an activating group) is 1. The van der Waals surface area contributed by atoms with Crippen LogP contribution in [0.5, 0.6) is 0 Å². The predicted molar refractivity (Wildman–Crippen MR) is 53.9 cm³/mol. The highest BCUT2D eigenvalue weighted by Gasteiger charge is 1.98. The molecule has 0 fully saturated rings. The molecule has 1 N–H and O–H groups in total. The van der Waals surface area contributed by atoms with Gasteiger partial charge in [0.25, 0.3) is 0 Å². The van der Waals surface area contributed by atoms with Crippen LogP contribution in [0.15, 0.2) is 24.3 Å². The molecule has 1 heterocycles. The summed E-state index contributed by atoms with van der Waals surface area (Å²) in [5.74, 6) is 1.02. The van der Waals surface area contributed by atoms with E-state index in [1.54, 1.807) is 0 Å². The molecule has 2 rings (SSSR count). The number of aromatic amines is 1. The molecule has 3 heteroatoms. The number of H-pyrrole nitrogens is 1. The van der Waals surface area contributed by atoms with Gasteiger partial charge in [-0.25, -0.2) is 4.98 Å². The van der Waals surface area contributed by atoms with E-state index in [0.717, 1.165) is 29.8 Å². The third-order valence-corrected chi connectivity index (χ3v) is 2.01. The maximum atomic E-state index is 4.43. The van der Waals surface area contributed by atoms with E-state index in [1.165, 1.54) is 0 Å². The lowest BCUT2D eigenvalue weighted by molar-refractivity contribution is 0.949. The number of para-hydroxylation sites is 2. The Morgan fingerprint density at radius 1 is 1.38 bits per heavy atom. The zero-order chi connectivity index (χ0) is 9.10. The summed E-state index contributed by atoms with van der Waals surface area (Å²) in [5.41, 5.74) is 2.14. The van der Waals surface area contributed by atoms with Gasteiger partial charge in [-0.05, 0) is 18.6 Å². The van der Waals surface area contributed by atoms with Crippen molar-refractivity contribution in [1.82, 2.24) is 9.97 Å². The van der Waals surface area contributed by atoms with Crippen LogP contribution < -0.4 is 0 Å². The molecule has 68 valence electrons. The van der Waals surface area contributed by atoms with E-state index in [1.807, 2.05) is 31.3 Å². The smallest absolute Gasteiger partial charge is 0.105 e. The minimum Gasteiger partial charge on any atom is -0.665 e. The van der Waals surface area contributed by atoms with Crippen molar-refractivity contribution in [3.8, 4) is 0 Å². The number of fused-ring (bicyclic) bond motifs is 1. The number of rotatable bonds is 3. The van der Waals surface area contributed by atoms with Crippen LogP contribution in [0, 0.1) is 0 Å². The lowest BCUT2D eigenvalue weighted by Gasteiger charge is -2.06. The Balaban J connectivity index is 2.28. The molecule has 0 bridgehead atoms. The third kappa shape index (κ3) is 1.70. The SMILES string of the molecule is C[N-]CCc1nc2ccccc2[nH]1. The summed E-state index contributed by atoms with van der Waals surface area (Å²) in [4.78, 5) is 7.69. The maximum absolute atomic E-state index is 4.43. The Labute approximate surface area is 77.2 Å². The van der Waals surface area contributed by atoms with Crippen molar-refractivity contribution in [2.24, 2.45) is 0 Å². The quantitative estimate of drug-likeness (QED) is 0.760. The van der Waals surface area contributed by atoms with Gasteiger partial charge in [-0.3, -0.25) is 0 Å². The van der Waals surface area contributed by atoms with E-state index in [0.29, 0.717) is 0 Å². The third-order valence-electron chi connectivity index (χ3n) is 2.01. The highest BCUT2D eigenvalue weighted by molar-refractivity contribution is 5.74. The molecule has 0 saturated carbocycles. The molecule has 0 amide bonds. The van der Waals surface area contributed by atoms with Gasteiger partial charge < -0.3 is 10.3 Å². The van der Waals surface area contributed by atoms with Crippen molar-refractivity contribution in [1.29, 1.82) is 0 Å². The first-order valence-corrected chi connectivity index (χ1v) is 4.39. The van der Waals surface area contributed by atoms with E-state index >= 15 is 0 Å². The average Bonchev–Trinajstić information content (AvgIpc) is 2.57. The fourth-order valence-corrected chi connectivity index (χ4v) is 1.34. The molecule has 0 aliphatic carbocycles. The summed E-state index contributed by atoms with van der Waals surface area (Å²) >= 11 is 0. The normalized spacial score (nSPS) is 10.8. The predicted octanol–water partition coefficient (Wildman–Crippen LogP) is 2.11. The van der Waals surface area contributed by atoms with Gasteiger partial charge in [0.05, 0.1) is 11.0 Å². The van der Waals surface area contributed by atoms with E-state index in [9.17, 15) is 0 Å². The molecule has 0 atom stereocenters. The number of nitrogens with zero attached hydrogens (tertiary/aromatic N) is 2. The Morgan fingerprint density at radius 3 is 3.00 bits per heavy atom. The molecule has 1 aromatic carbocycles. The first-order chi connectivity index (χ1) is 6.40. The summed E-state index contributed by atoms with van der Waals surface area (Å²) in [7, 11) is 1.82. The summed E-state index contributed by atoms with van der Waals surface area (Å²) in [6, 6.07) is 8.05. The van der Waals surface area contributed by atoms with Crippen LogP contribution in [0.2, 0.25) is 0 Å². The number of hydrogen-bond acceptors (Lipinski definition) is 1. The molecule has 3 nitrogen and oxygen atoms in total. The number of hydrogen-bond donors (Lipinski definition) is 1. The van der Waals surface area contributed by atoms with Crippen LogP contribution in [-0.4, -0.2) is 23.6 Å². The minimum atomic E-state index is 0.833. The van der Waals surface area contributed by atoms with E-state index < -0.39 is 0 Å². The minimum absolute atomic E-state index is 0.833. The Kier molecular flexibility index (Phi) is 2.27. The van der Waals surface area contributed by atoms with Gasteiger partial charge in [0.2, 0.25) is 0 Å². The molecule has 2 aromatic rings. The highest BCUT2D eigenvalue weighted by atomic mass is 14.9. The zero-order valence-corrected chi connectivity index (χ0v) is 7.62. The first kappa shape index (κ1) is 8.26. The number of aromatic nitrogens is 2. The zero-order valence-electron chi connectivity index (χ0n) is 7.62. The molecule has 0 spiro atoms. The largest absolute Gasteiger partial charge is 0.665 e. The van der Waals surface area contributed by atoms with Crippen molar-refractivity contribution < 1.29 is 0 Å². The summed E-state index contributed by atoms with van der Waals surface area (Å²) < 4.78 is 0. The average molecular weight is 174 g/mol. The monoisotopic (exact) mass is 174 g/mol. The van der Waals surface area contributed by atoms with Crippen LogP contribution >= 0.6 is 0 Å². The summed E-state index contributed by atoms with van der Waals surface area (Å²) in [6.07, 6.45) is 0.894. The second-order valence-electron chi connectivity index (χ2n) is 2.99. The van der Waals surface area contributed by atoms with Crippen molar-refractivity contribution in [3.63, 3.8) is 0 Å². The second-order valence-corrected chi connectivity index (χ2v) is 2.99. The number of benzene rings is 1. The van der Waals surface area contributed by atoms with Crippen molar-refractivity contribution >= 4 is 11.0 Å². The van der Waals surface area contributed by atoms with Crippen LogP contribution in [0.1, 0.15) is 5.82 Å². The molecule has 0 unspecified atom stereocenters. The van der Waals surface area contributed by atoms with Crippen molar-refractivity contribution in [2.45, 2.75) is 6.42 Å². The van der Waals surface area contributed by atoms with Crippen molar-refractivity contribution in [3.05, 3.63) is 35.4 Å². The van der Waals surface area contributed by atoms with Crippen LogP contribution in [0.25, 0.3) is 16.4 Å². The Hall–Kier alpha value is -1.35. The molecule has 0 radical (unpaired) electrons. The molecular weight excluding hydrogens is 162 g/mol. The van der Waals surface area contributed by atoms with Gasteiger partial charge in [-0.2, -0.15) is 7.05 Å². The molecule has 1 aromatic heterocycles. The summed E-state index contributed by atoms with van der Waals surface area (Å²) in [6.45, 7) is 0.833. The van der Waals surface area contributed by atoms with Gasteiger partial charge in [0.15, 0.2) is 0 Å². The van der Waals surface area contributed by atoms with Gasteiger partial charge in [0, 0.05) is 0 Å².